The maximum absolute atomic E-state index is 5.86. The average Bonchev–Trinajstić information content (AvgIpc) is 2.34. The fraction of sp³-hybridized carbons (Fsp3) is 0.600. The maximum Gasteiger partial charge on any atom is 0.121 e. The lowest BCUT2D eigenvalue weighted by molar-refractivity contribution is 0.391. The molecule has 0 aliphatic heterocycles. The second-order valence-electron chi connectivity index (χ2n) is 3.22. The summed E-state index contributed by atoms with van der Waals surface area (Å²) in [6.45, 7) is 6.10. The van der Waals surface area contributed by atoms with Gasteiger partial charge in [-0.1, -0.05) is 21.3 Å². The molecule has 1 aromatic heterocycles. The Morgan fingerprint density at radius 2 is 1.92 bits per heavy atom. The Bertz CT molecular complexity index is 227. The molecular formula is C10H19NO. The predicted molar refractivity (Wildman–Crippen MR) is 51.9 cm³/mol. The monoisotopic (exact) mass is 169 g/mol. The van der Waals surface area contributed by atoms with Gasteiger partial charge in [0, 0.05) is 0 Å². The average molecular weight is 169 g/mol. The Balaban J connectivity index is 0.00000121. The van der Waals surface area contributed by atoms with E-state index in [9.17, 15) is 0 Å². The molecule has 0 spiro atoms. The van der Waals surface area contributed by atoms with E-state index in [1.54, 1.807) is 0 Å². The van der Waals surface area contributed by atoms with E-state index in [-0.39, 0.29) is 13.5 Å². The van der Waals surface area contributed by atoms with Crippen LogP contribution in [0.2, 0.25) is 0 Å². The Labute approximate surface area is 74.8 Å². The van der Waals surface area contributed by atoms with Crippen molar-refractivity contribution in [1.82, 2.24) is 0 Å². The minimum atomic E-state index is 0. The fourth-order valence-electron chi connectivity index (χ4n) is 0.961. The molecule has 2 N–H and O–H groups in total. The standard InChI is InChI=1S/C9H15NO.CH4/c1-6(2)9(10)8-5-4-7(3)11-8;/h4-6,9H,10H2,1-3H3;1H4/t9-;/m1./s1. The van der Waals surface area contributed by atoms with Crippen LogP contribution < -0.4 is 5.73 Å². The number of aryl methyl sites for hydroxylation is 1. The summed E-state index contributed by atoms with van der Waals surface area (Å²) in [5.74, 6) is 2.24. The van der Waals surface area contributed by atoms with Gasteiger partial charge in [0.15, 0.2) is 0 Å². The van der Waals surface area contributed by atoms with E-state index in [1.807, 2.05) is 19.1 Å². The van der Waals surface area contributed by atoms with Crippen molar-refractivity contribution in [2.75, 3.05) is 0 Å². The van der Waals surface area contributed by atoms with E-state index >= 15 is 0 Å². The largest absolute Gasteiger partial charge is 0.465 e. The molecule has 0 fully saturated rings. The normalized spacial score (nSPS) is 12.8. The Morgan fingerprint density at radius 3 is 2.25 bits per heavy atom. The topological polar surface area (TPSA) is 39.2 Å². The van der Waals surface area contributed by atoms with Crippen LogP contribution in [0.25, 0.3) is 0 Å². The van der Waals surface area contributed by atoms with Gasteiger partial charge in [-0.05, 0) is 25.0 Å². The van der Waals surface area contributed by atoms with Crippen LogP contribution in [0.5, 0.6) is 0 Å². The first-order valence-corrected chi connectivity index (χ1v) is 3.93. The zero-order valence-corrected chi connectivity index (χ0v) is 7.29. The van der Waals surface area contributed by atoms with Crippen molar-refractivity contribution in [1.29, 1.82) is 0 Å². The van der Waals surface area contributed by atoms with E-state index in [2.05, 4.69) is 13.8 Å². The molecule has 0 unspecified atom stereocenters. The minimum absolute atomic E-state index is 0. The zero-order valence-electron chi connectivity index (χ0n) is 7.29. The predicted octanol–water partition coefficient (Wildman–Crippen LogP) is 2.88. The van der Waals surface area contributed by atoms with Crippen molar-refractivity contribution in [2.45, 2.75) is 34.2 Å². The van der Waals surface area contributed by atoms with Crippen molar-refractivity contribution in [3.63, 3.8) is 0 Å². The van der Waals surface area contributed by atoms with Gasteiger partial charge in [-0.15, -0.1) is 0 Å². The van der Waals surface area contributed by atoms with Crippen LogP contribution in [-0.2, 0) is 0 Å². The molecule has 1 heterocycles. The molecule has 0 aliphatic carbocycles. The fourth-order valence-corrected chi connectivity index (χ4v) is 0.961. The summed E-state index contributed by atoms with van der Waals surface area (Å²) in [5, 5.41) is 0. The summed E-state index contributed by atoms with van der Waals surface area (Å²) in [7, 11) is 0. The number of hydrogen-bond donors (Lipinski definition) is 1. The van der Waals surface area contributed by atoms with Gasteiger partial charge in [-0.2, -0.15) is 0 Å². The molecule has 0 aliphatic rings. The molecule has 0 saturated heterocycles. The summed E-state index contributed by atoms with van der Waals surface area (Å²) < 4.78 is 5.38. The summed E-state index contributed by atoms with van der Waals surface area (Å²) in [6.07, 6.45) is 0. The van der Waals surface area contributed by atoms with Gasteiger partial charge < -0.3 is 10.2 Å². The van der Waals surface area contributed by atoms with Crippen molar-refractivity contribution >= 4 is 0 Å². The molecule has 12 heavy (non-hydrogen) atoms. The molecule has 0 amide bonds. The molecule has 0 aromatic carbocycles. The van der Waals surface area contributed by atoms with Gasteiger partial charge in [0.2, 0.25) is 0 Å². The summed E-state index contributed by atoms with van der Waals surface area (Å²) in [5.41, 5.74) is 5.86. The number of hydrogen-bond acceptors (Lipinski definition) is 2. The minimum Gasteiger partial charge on any atom is -0.465 e. The van der Waals surface area contributed by atoms with Gasteiger partial charge in [0.05, 0.1) is 6.04 Å². The van der Waals surface area contributed by atoms with Crippen LogP contribution in [-0.4, -0.2) is 0 Å². The third-order valence-corrected chi connectivity index (χ3v) is 1.81. The van der Waals surface area contributed by atoms with Gasteiger partial charge in [-0.3, -0.25) is 0 Å². The van der Waals surface area contributed by atoms with Gasteiger partial charge >= 0.3 is 0 Å². The van der Waals surface area contributed by atoms with E-state index in [0.29, 0.717) is 5.92 Å². The Kier molecular flexibility index (Phi) is 4.04. The third-order valence-electron chi connectivity index (χ3n) is 1.81. The van der Waals surface area contributed by atoms with Crippen molar-refractivity contribution in [3.05, 3.63) is 23.7 Å². The summed E-state index contributed by atoms with van der Waals surface area (Å²) in [4.78, 5) is 0. The first-order valence-electron chi connectivity index (χ1n) is 3.93. The van der Waals surface area contributed by atoms with Crippen LogP contribution in [0.15, 0.2) is 16.5 Å². The van der Waals surface area contributed by atoms with E-state index in [4.69, 9.17) is 10.2 Å². The van der Waals surface area contributed by atoms with Crippen LogP contribution in [0.4, 0.5) is 0 Å². The van der Waals surface area contributed by atoms with E-state index < -0.39 is 0 Å². The summed E-state index contributed by atoms with van der Waals surface area (Å²) >= 11 is 0. The van der Waals surface area contributed by atoms with Crippen LogP contribution in [0.3, 0.4) is 0 Å². The highest BCUT2D eigenvalue weighted by atomic mass is 16.3. The zero-order chi connectivity index (χ0) is 8.43. The quantitative estimate of drug-likeness (QED) is 0.739. The number of furan rings is 1. The van der Waals surface area contributed by atoms with Crippen LogP contribution >= 0.6 is 0 Å². The molecule has 2 nitrogen and oxygen atoms in total. The molecule has 2 heteroatoms. The molecule has 0 radical (unpaired) electrons. The third kappa shape index (κ3) is 2.38. The molecule has 0 saturated carbocycles. The maximum atomic E-state index is 5.86. The van der Waals surface area contributed by atoms with Gasteiger partial charge in [-0.25, -0.2) is 0 Å². The van der Waals surface area contributed by atoms with Gasteiger partial charge in [0.1, 0.15) is 11.5 Å². The SMILES string of the molecule is C.Cc1ccc([C@H](N)C(C)C)o1. The van der Waals surface area contributed by atoms with Crippen molar-refractivity contribution in [2.24, 2.45) is 11.7 Å². The van der Waals surface area contributed by atoms with E-state index in [1.165, 1.54) is 0 Å². The second-order valence-corrected chi connectivity index (χ2v) is 3.22. The first kappa shape index (κ1) is 11.2. The van der Waals surface area contributed by atoms with Crippen LogP contribution in [0, 0.1) is 12.8 Å². The lowest BCUT2D eigenvalue weighted by atomic mass is 10.0. The number of nitrogens with two attached hydrogens (primary N) is 1. The smallest absolute Gasteiger partial charge is 0.121 e. The molecule has 0 bridgehead atoms. The molecule has 70 valence electrons. The van der Waals surface area contributed by atoms with Crippen molar-refractivity contribution in [3.8, 4) is 0 Å². The molecule has 1 aromatic rings. The molecule has 1 rings (SSSR count). The number of rotatable bonds is 2. The first-order chi connectivity index (χ1) is 5.11. The highest BCUT2D eigenvalue weighted by Crippen LogP contribution is 2.20. The summed E-state index contributed by atoms with van der Waals surface area (Å²) in [6, 6.07) is 3.92. The van der Waals surface area contributed by atoms with E-state index in [0.717, 1.165) is 11.5 Å². The van der Waals surface area contributed by atoms with Crippen molar-refractivity contribution < 1.29 is 4.42 Å². The van der Waals surface area contributed by atoms with Gasteiger partial charge in [0.25, 0.3) is 0 Å². The Morgan fingerprint density at radius 1 is 1.33 bits per heavy atom. The van der Waals surface area contributed by atoms with Crippen LogP contribution in [0.1, 0.15) is 38.8 Å². The molecular weight excluding hydrogens is 150 g/mol. The highest BCUT2D eigenvalue weighted by Gasteiger charge is 2.13. The highest BCUT2D eigenvalue weighted by molar-refractivity contribution is 5.09. The lowest BCUT2D eigenvalue weighted by Gasteiger charge is -2.11. The lowest BCUT2D eigenvalue weighted by Crippen LogP contribution is -2.15. The second kappa shape index (κ2) is 4.31. The Hall–Kier alpha value is -0.760. The molecule has 1 atom stereocenters.